The number of halogens is 4. The van der Waals surface area contributed by atoms with E-state index in [0.29, 0.717) is 0 Å². The number of carbonyl (C=O) groups is 1. The molecule has 0 bridgehead atoms. The van der Waals surface area contributed by atoms with Gasteiger partial charge in [-0.1, -0.05) is 23.4 Å². The Morgan fingerprint density at radius 3 is 2.83 bits per heavy atom. The van der Waals surface area contributed by atoms with Gasteiger partial charge in [0.15, 0.2) is 17.5 Å². The molecule has 0 aliphatic carbocycles. The van der Waals surface area contributed by atoms with Crippen LogP contribution in [0.15, 0.2) is 11.4 Å². The van der Waals surface area contributed by atoms with E-state index >= 15 is 0 Å². The number of hydrogen-bond acceptors (Lipinski definition) is 5. The van der Waals surface area contributed by atoms with E-state index in [0.717, 1.165) is 11.8 Å². The number of amides is 1. The molecule has 1 aromatic rings. The van der Waals surface area contributed by atoms with E-state index in [4.69, 9.17) is 11.6 Å². The van der Waals surface area contributed by atoms with Gasteiger partial charge in [0.1, 0.15) is 0 Å². The average molecular weight is 302 g/mol. The second kappa shape index (κ2) is 6.21. The van der Waals surface area contributed by atoms with Crippen LogP contribution in [0, 0.1) is 0 Å². The highest BCUT2D eigenvalue weighted by Crippen LogP contribution is 2.17. The van der Waals surface area contributed by atoms with Crippen molar-refractivity contribution in [1.29, 1.82) is 0 Å². The van der Waals surface area contributed by atoms with Gasteiger partial charge in [-0.05, 0) is 6.26 Å². The van der Waals surface area contributed by atoms with Crippen LogP contribution >= 0.6 is 23.4 Å². The maximum absolute atomic E-state index is 11.8. The highest BCUT2D eigenvalue weighted by Gasteiger charge is 2.28. The van der Waals surface area contributed by atoms with Crippen molar-refractivity contribution in [1.82, 2.24) is 15.4 Å². The van der Waals surface area contributed by atoms with Crippen molar-refractivity contribution in [3.63, 3.8) is 0 Å². The average Bonchev–Trinajstić information content (AvgIpc) is 2.27. The minimum absolute atomic E-state index is 0.0825. The summed E-state index contributed by atoms with van der Waals surface area (Å²) in [5, 5.41) is 0.182. The molecule has 0 aromatic carbocycles. The van der Waals surface area contributed by atoms with Gasteiger partial charge in [0.2, 0.25) is 0 Å². The number of alkyl halides is 3. The molecule has 0 radical (unpaired) electrons. The third kappa shape index (κ3) is 4.67. The lowest BCUT2D eigenvalue weighted by Gasteiger charge is -2.08. The van der Waals surface area contributed by atoms with Crippen LogP contribution in [0.2, 0.25) is 5.02 Å². The third-order valence-electron chi connectivity index (χ3n) is 1.52. The molecule has 10 heteroatoms. The molecule has 0 aliphatic rings. The molecule has 1 amide bonds. The van der Waals surface area contributed by atoms with Crippen molar-refractivity contribution in [2.75, 3.05) is 12.9 Å². The standard InChI is InChI=1S/C8H7ClF3N3O2S/c1-18-7-13-2-4(9)5(14-7)6(16)15-17-3-8(10,11)12/h2H,3H2,1H3,(H,15,16). The number of hydrogen-bond donors (Lipinski definition) is 1. The molecule has 1 aromatic heterocycles. The Kier molecular flexibility index (Phi) is 5.17. The summed E-state index contributed by atoms with van der Waals surface area (Å²) in [7, 11) is 0. The van der Waals surface area contributed by atoms with Gasteiger partial charge in [-0.2, -0.15) is 13.2 Å². The summed E-state index contributed by atoms with van der Waals surface area (Å²) in [6.07, 6.45) is -1.68. The lowest BCUT2D eigenvalue weighted by Crippen LogP contribution is -2.30. The fraction of sp³-hybridized carbons (Fsp3) is 0.375. The van der Waals surface area contributed by atoms with Crippen LogP contribution in [0.4, 0.5) is 13.2 Å². The Balaban J connectivity index is 2.66. The zero-order chi connectivity index (χ0) is 13.8. The highest BCUT2D eigenvalue weighted by molar-refractivity contribution is 7.98. The molecule has 1 N–H and O–H groups in total. The summed E-state index contributed by atoms with van der Waals surface area (Å²) in [4.78, 5) is 23.0. The van der Waals surface area contributed by atoms with Crippen molar-refractivity contribution in [2.45, 2.75) is 11.3 Å². The Labute approximate surface area is 109 Å². The maximum Gasteiger partial charge on any atom is 0.414 e. The topological polar surface area (TPSA) is 64.1 Å². The molecule has 0 fully saturated rings. The molecule has 1 heterocycles. The number of aromatic nitrogens is 2. The highest BCUT2D eigenvalue weighted by atomic mass is 35.5. The first kappa shape index (κ1) is 15.0. The fourth-order valence-corrected chi connectivity index (χ4v) is 1.36. The molecular weight excluding hydrogens is 295 g/mol. The Morgan fingerprint density at radius 2 is 2.28 bits per heavy atom. The van der Waals surface area contributed by atoms with E-state index in [-0.39, 0.29) is 15.9 Å². The van der Waals surface area contributed by atoms with E-state index in [1.807, 2.05) is 0 Å². The summed E-state index contributed by atoms with van der Waals surface area (Å²) in [5.41, 5.74) is 1.35. The molecule has 0 unspecified atom stereocenters. The smallest absolute Gasteiger partial charge is 0.265 e. The van der Waals surface area contributed by atoms with E-state index in [2.05, 4.69) is 14.8 Å². The van der Waals surface area contributed by atoms with Gasteiger partial charge >= 0.3 is 6.18 Å². The van der Waals surface area contributed by atoms with Crippen LogP contribution in [0.3, 0.4) is 0 Å². The largest absolute Gasteiger partial charge is 0.414 e. The normalized spacial score (nSPS) is 11.4. The fourth-order valence-electron chi connectivity index (χ4n) is 0.840. The SMILES string of the molecule is CSc1ncc(Cl)c(C(=O)NOCC(F)(F)F)n1. The molecule has 18 heavy (non-hydrogen) atoms. The quantitative estimate of drug-likeness (QED) is 0.524. The summed E-state index contributed by atoms with van der Waals surface area (Å²) in [6, 6.07) is 0. The molecule has 0 aliphatic heterocycles. The molecular formula is C8H7ClF3N3O2S. The van der Waals surface area contributed by atoms with Gasteiger partial charge in [0.05, 0.1) is 11.2 Å². The molecule has 0 saturated carbocycles. The van der Waals surface area contributed by atoms with E-state index in [9.17, 15) is 18.0 Å². The lowest BCUT2D eigenvalue weighted by atomic mass is 10.4. The van der Waals surface area contributed by atoms with Crippen LogP contribution in [0.1, 0.15) is 10.5 Å². The minimum atomic E-state index is -4.53. The molecule has 0 spiro atoms. The Bertz CT molecular complexity index is 444. The molecule has 1 rings (SSSR count). The van der Waals surface area contributed by atoms with Gasteiger partial charge in [0, 0.05) is 0 Å². The van der Waals surface area contributed by atoms with Crippen LogP contribution in [-0.2, 0) is 4.84 Å². The van der Waals surface area contributed by atoms with Crippen molar-refractivity contribution >= 4 is 29.3 Å². The van der Waals surface area contributed by atoms with Crippen LogP contribution in [-0.4, -0.2) is 34.9 Å². The van der Waals surface area contributed by atoms with Crippen molar-refractivity contribution < 1.29 is 22.8 Å². The van der Waals surface area contributed by atoms with E-state index in [1.54, 1.807) is 11.7 Å². The van der Waals surface area contributed by atoms with Gasteiger partial charge in [-0.25, -0.2) is 15.4 Å². The number of nitrogens with one attached hydrogen (secondary N) is 1. The number of carbonyl (C=O) groups excluding carboxylic acids is 1. The minimum Gasteiger partial charge on any atom is -0.265 e. The van der Waals surface area contributed by atoms with Gasteiger partial charge in [0.25, 0.3) is 5.91 Å². The third-order valence-corrected chi connectivity index (χ3v) is 2.36. The van der Waals surface area contributed by atoms with E-state index < -0.39 is 18.7 Å². The van der Waals surface area contributed by atoms with Crippen molar-refractivity contribution in [2.24, 2.45) is 0 Å². The maximum atomic E-state index is 11.8. The predicted molar refractivity (Wildman–Crippen MR) is 58.3 cm³/mol. The number of thioether (sulfide) groups is 1. The zero-order valence-electron chi connectivity index (χ0n) is 8.92. The Hall–Kier alpha value is -1.06. The van der Waals surface area contributed by atoms with Crippen LogP contribution < -0.4 is 5.48 Å². The molecule has 0 saturated heterocycles. The molecule has 0 atom stereocenters. The number of hydroxylamine groups is 1. The predicted octanol–water partition coefficient (Wildman–Crippen LogP) is 2.08. The molecule has 100 valence electrons. The van der Waals surface area contributed by atoms with Gasteiger partial charge in [-0.15, -0.1) is 0 Å². The number of rotatable bonds is 4. The van der Waals surface area contributed by atoms with E-state index in [1.165, 1.54) is 6.20 Å². The van der Waals surface area contributed by atoms with Crippen LogP contribution in [0.25, 0.3) is 0 Å². The first-order valence-electron chi connectivity index (χ1n) is 4.39. The zero-order valence-corrected chi connectivity index (χ0v) is 10.5. The van der Waals surface area contributed by atoms with Gasteiger partial charge < -0.3 is 0 Å². The monoisotopic (exact) mass is 301 g/mol. The van der Waals surface area contributed by atoms with Crippen molar-refractivity contribution in [3.8, 4) is 0 Å². The van der Waals surface area contributed by atoms with Crippen molar-refractivity contribution in [3.05, 3.63) is 16.9 Å². The summed E-state index contributed by atoms with van der Waals surface area (Å²) in [5.74, 6) is -0.970. The molecule has 5 nitrogen and oxygen atoms in total. The van der Waals surface area contributed by atoms with Gasteiger partial charge in [-0.3, -0.25) is 9.63 Å². The summed E-state index contributed by atoms with van der Waals surface area (Å²) >= 11 is 6.80. The summed E-state index contributed by atoms with van der Waals surface area (Å²) in [6.45, 7) is -1.60. The first-order valence-corrected chi connectivity index (χ1v) is 5.99. The number of nitrogens with zero attached hydrogens (tertiary/aromatic N) is 2. The van der Waals surface area contributed by atoms with Crippen LogP contribution in [0.5, 0.6) is 0 Å². The summed E-state index contributed by atoms with van der Waals surface area (Å²) < 4.78 is 35.3. The Morgan fingerprint density at radius 1 is 1.61 bits per heavy atom. The second-order valence-electron chi connectivity index (χ2n) is 2.89. The lowest BCUT2D eigenvalue weighted by molar-refractivity contribution is -0.184. The first-order chi connectivity index (χ1) is 8.33. The second-order valence-corrected chi connectivity index (χ2v) is 4.07.